The predicted octanol–water partition coefficient (Wildman–Crippen LogP) is 2.99. The second kappa shape index (κ2) is 6.32. The summed E-state index contributed by atoms with van der Waals surface area (Å²) in [6, 6.07) is 5.51. The number of aliphatic hydroxyl groups excluding tert-OH is 2. The van der Waals surface area contributed by atoms with E-state index in [0.29, 0.717) is 0 Å². The third-order valence-electron chi connectivity index (χ3n) is 4.01. The van der Waals surface area contributed by atoms with Crippen molar-refractivity contribution < 1.29 is 32.1 Å². The molecule has 1 aliphatic carbocycles. The zero-order valence-corrected chi connectivity index (χ0v) is 14.2. The number of ether oxygens (including phenoxy) is 1. The van der Waals surface area contributed by atoms with E-state index in [0.717, 1.165) is 24.5 Å². The van der Waals surface area contributed by atoms with E-state index in [1.807, 2.05) is 0 Å². The molecular weight excluding hydrogens is 368 g/mol. The smallest absolute Gasteiger partial charge is 0.193 e. The highest BCUT2D eigenvalue weighted by Gasteiger charge is 2.44. The van der Waals surface area contributed by atoms with E-state index in [-0.39, 0.29) is 33.2 Å². The minimum Gasteiger partial charge on any atom is -0.458 e. The molecule has 0 heterocycles. The Morgan fingerprint density at radius 3 is 2.42 bits per heavy atom. The van der Waals surface area contributed by atoms with Crippen LogP contribution in [0.2, 0.25) is 0 Å². The van der Waals surface area contributed by atoms with E-state index < -0.39 is 34.0 Å². The molecule has 6 nitrogen and oxygen atoms in total. The molecule has 0 saturated carbocycles. The molecule has 3 rings (SSSR count). The van der Waals surface area contributed by atoms with Crippen molar-refractivity contribution in [1.82, 2.24) is 0 Å². The number of benzene rings is 2. The molecule has 0 amide bonds. The number of hydrogen-bond acceptors (Lipinski definition) is 5. The van der Waals surface area contributed by atoms with Gasteiger partial charge in [0.15, 0.2) is 21.7 Å². The fraction of sp³-hybridized carbons (Fsp3) is 0.235. The number of alkyl halides is 1. The molecule has 9 heteroatoms. The Balaban J connectivity index is 2.17. The third kappa shape index (κ3) is 3.03. The van der Waals surface area contributed by atoms with Gasteiger partial charge in [0, 0.05) is 23.4 Å². The van der Waals surface area contributed by atoms with Crippen molar-refractivity contribution in [3.8, 4) is 11.5 Å². The summed E-state index contributed by atoms with van der Waals surface area (Å²) in [4.78, 5) is 2.77. The number of fused-ring (bicyclic) bond motifs is 1. The number of sulfone groups is 1. The number of nitrogens with zero attached hydrogens (tertiary/aromatic N) is 1. The Morgan fingerprint density at radius 2 is 1.81 bits per heavy atom. The van der Waals surface area contributed by atoms with Crippen molar-refractivity contribution in [3.63, 3.8) is 0 Å². The molecule has 0 unspecified atom stereocenters. The molecule has 0 aliphatic heterocycles. The highest BCUT2D eigenvalue weighted by atomic mass is 32.2. The maximum Gasteiger partial charge on any atom is 0.193 e. The second-order valence-electron chi connectivity index (χ2n) is 5.85. The Kier molecular flexibility index (Phi) is 4.44. The van der Waals surface area contributed by atoms with Crippen molar-refractivity contribution in [2.24, 2.45) is 0 Å². The molecule has 2 N–H and O–H groups in total. The van der Waals surface area contributed by atoms with Crippen LogP contribution in [0.5, 0.6) is 11.5 Å². The van der Waals surface area contributed by atoms with Crippen LogP contribution in [-0.4, -0.2) is 31.1 Å². The molecule has 0 aromatic heterocycles. The Bertz CT molecular complexity index is 1030. The van der Waals surface area contributed by atoms with Gasteiger partial charge in [-0.25, -0.2) is 22.0 Å². The zero-order valence-electron chi connectivity index (χ0n) is 13.3. The average Bonchev–Trinajstić information content (AvgIpc) is 2.79. The summed E-state index contributed by atoms with van der Waals surface area (Å²) in [6.45, 7) is 6.93. The molecule has 0 radical (unpaired) electrons. The highest BCUT2D eigenvalue weighted by molar-refractivity contribution is 7.90. The second-order valence-corrected chi connectivity index (χ2v) is 7.84. The van der Waals surface area contributed by atoms with E-state index in [2.05, 4.69) is 4.85 Å². The average molecular weight is 381 g/mol. The Morgan fingerprint density at radius 1 is 1.15 bits per heavy atom. The molecule has 3 atom stereocenters. The van der Waals surface area contributed by atoms with Crippen LogP contribution in [0.25, 0.3) is 4.85 Å². The fourth-order valence-electron chi connectivity index (χ4n) is 2.91. The molecule has 136 valence electrons. The van der Waals surface area contributed by atoms with Gasteiger partial charge in [-0.1, -0.05) is 0 Å². The highest BCUT2D eigenvalue weighted by Crippen LogP contribution is 2.49. The largest absolute Gasteiger partial charge is 0.458 e. The van der Waals surface area contributed by atoms with Crippen molar-refractivity contribution in [1.29, 1.82) is 0 Å². The lowest BCUT2D eigenvalue weighted by molar-refractivity contribution is 0.00836. The van der Waals surface area contributed by atoms with Gasteiger partial charge < -0.3 is 14.9 Å². The summed E-state index contributed by atoms with van der Waals surface area (Å²) in [7, 11) is -3.81. The van der Waals surface area contributed by atoms with Crippen LogP contribution in [0.4, 0.5) is 14.5 Å². The first-order valence-corrected chi connectivity index (χ1v) is 9.25. The molecule has 1 aliphatic rings. The molecule has 0 spiro atoms. The predicted molar refractivity (Wildman–Crippen MR) is 87.1 cm³/mol. The lowest BCUT2D eigenvalue weighted by Crippen LogP contribution is -2.13. The van der Waals surface area contributed by atoms with Gasteiger partial charge in [-0.3, -0.25) is 0 Å². The number of rotatable bonds is 3. The SMILES string of the molecule is [C-]#[N+]c1cc(F)cc(Oc2ccc(S(C)(=O)=O)c3c2[C@@H](O)[C@@H](F)[C@H]3O)c1. The van der Waals surface area contributed by atoms with Crippen LogP contribution >= 0.6 is 0 Å². The molecule has 2 aromatic carbocycles. The van der Waals surface area contributed by atoms with Crippen LogP contribution in [-0.2, 0) is 9.84 Å². The minimum absolute atomic E-state index is 0.0339. The van der Waals surface area contributed by atoms with Crippen LogP contribution in [0.1, 0.15) is 23.3 Å². The zero-order chi connectivity index (χ0) is 19.2. The van der Waals surface area contributed by atoms with Gasteiger partial charge in [0.1, 0.15) is 29.5 Å². The lowest BCUT2D eigenvalue weighted by atomic mass is 10.1. The van der Waals surface area contributed by atoms with Gasteiger partial charge >= 0.3 is 0 Å². The van der Waals surface area contributed by atoms with Gasteiger partial charge in [0.05, 0.1) is 11.5 Å². The summed E-state index contributed by atoms with van der Waals surface area (Å²) >= 11 is 0. The summed E-state index contributed by atoms with van der Waals surface area (Å²) in [5.74, 6) is -0.961. The van der Waals surface area contributed by atoms with E-state index in [4.69, 9.17) is 11.3 Å². The first kappa shape index (κ1) is 18.3. The van der Waals surface area contributed by atoms with Gasteiger partial charge in [0.25, 0.3) is 0 Å². The minimum atomic E-state index is -3.81. The van der Waals surface area contributed by atoms with Gasteiger partial charge in [0.2, 0.25) is 0 Å². The molecule has 0 bridgehead atoms. The summed E-state index contributed by atoms with van der Waals surface area (Å²) in [6.07, 6.45) is -4.91. The van der Waals surface area contributed by atoms with Crippen molar-refractivity contribution in [3.05, 3.63) is 58.7 Å². The number of hydrogen-bond donors (Lipinski definition) is 2. The number of halogens is 2. The quantitative estimate of drug-likeness (QED) is 0.798. The first-order chi connectivity index (χ1) is 12.1. The van der Waals surface area contributed by atoms with Crippen molar-refractivity contribution >= 4 is 15.5 Å². The standard InChI is InChI=1S/C17H13F2NO5S/c1-20-9-5-8(18)6-10(7-9)25-11-3-4-12(26(2,23)24)14-13(11)16(21)15(19)17(14)22/h3-7,15-17,21-22H,2H3/t15-,16-,17+/m1/s1. The Hall–Kier alpha value is -2.54. The van der Waals surface area contributed by atoms with E-state index in [9.17, 15) is 27.4 Å². The van der Waals surface area contributed by atoms with E-state index in [1.54, 1.807) is 0 Å². The summed E-state index contributed by atoms with van der Waals surface area (Å²) < 4.78 is 57.0. The topological polar surface area (TPSA) is 88.2 Å². The monoisotopic (exact) mass is 381 g/mol. The normalized spacial score (nSPS) is 21.9. The summed E-state index contributed by atoms with van der Waals surface area (Å²) in [5.41, 5.74) is -0.540. The summed E-state index contributed by atoms with van der Waals surface area (Å²) in [5, 5.41) is 20.1. The molecule has 2 aromatic rings. The molecular formula is C17H13F2NO5S. The van der Waals surface area contributed by atoms with Gasteiger partial charge in [-0.05, 0) is 24.3 Å². The van der Waals surface area contributed by atoms with Crippen LogP contribution < -0.4 is 4.74 Å². The van der Waals surface area contributed by atoms with E-state index >= 15 is 0 Å². The maximum atomic E-state index is 14.1. The van der Waals surface area contributed by atoms with Crippen molar-refractivity contribution in [2.45, 2.75) is 23.3 Å². The molecule has 0 fully saturated rings. The van der Waals surface area contributed by atoms with Crippen molar-refractivity contribution in [2.75, 3.05) is 6.26 Å². The van der Waals surface area contributed by atoms with E-state index in [1.165, 1.54) is 12.1 Å². The van der Waals surface area contributed by atoms with Gasteiger partial charge in [-0.2, -0.15) is 0 Å². The van der Waals surface area contributed by atoms with Crippen LogP contribution in [0.15, 0.2) is 35.2 Å². The first-order valence-electron chi connectivity index (χ1n) is 7.36. The van der Waals surface area contributed by atoms with Gasteiger partial charge in [-0.15, -0.1) is 0 Å². The number of aliphatic hydroxyl groups is 2. The lowest BCUT2D eigenvalue weighted by Gasteiger charge is -2.15. The fourth-order valence-corrected chi connectivity index (χ4v) is 3.85. The molecule has 0 saturated heterocycles. The molecule has 26 heavy (non-hydrogen) atoms. The maximum absolute atomic E-state index is 14.1. The van der Waals surface area contributed by atoms with Crippen LogP contribution in [0.3, 0.4) is 0 Å². The van der Waals surface area contributed by atoms with Crippen LogP contribution in [0, 0.1) is 12.4 Å². The Labute approximate surface area is 148 Å². The third-order valence-corrected chi connectivity index (χ3v) is 5.17.